The molecule has 0 aliphatic heterocycles. The number of hydrogen-bond acceptors (Lipinski definition) is 3. The number of aryl methyl sites for hydroxylation is 1. The second-order valence-corrected chi connectivity index (χ2v) is 5.65. The molecule has 1 unspecified atom stereocenters. The minimum Gasteiger partial charge on any atom is -0.465 e. The number of amides is 1. The molecule has 1 amide bonds. The number of rotatable bonds is 6. The quantitative estimate of drug-likeness (QED) is 0.811. The Bertz CT molecular complexity index is 509. The van der Waals surface area contributed by atoms with Crippen molar-refractivity contribution in [2.45, 2.75) is 40.5 Å². The molecule has 1 rings (SSSR count). The average molecular weight is 291 g/mol. The largest absolute Gasteiger partial charge is 0.465 e. The Morgan fingerprint density at radius 1 is 1.29 bits per heavy atom. The number of para-hydroxylation sites is 1. The highest BCUT2D eigenvalue weighted by atomic mass is 16.5. The van der Waals surface area contributed by atoms with E-state index in [-0.39, 0.29) is 5.91 Å². The smallest absolute Gasteiger partial charge is 0.339 e. The SMILES string of the molecule is CCC(CC(=O)Nc1c(C)cccc1C(=O)OC)C(C)C. The lowest BCUT2D eigenvalue weighted by molar-refractivity contribution is -0.117. The first-order chi connectivity index (χ1) is 9.90. The molecule has 1 atom stereocenters. The van der Waals surface area contributed by atoms with Crippen molar-refractivity contribution in [1.29, 1.82) is 0 Å². The van der Waals surface area contributed by atoms with Gasteiger partial charge in [0.1, 0.15) is 0 Å². The molecule has 0 saturated heterocycles. The van der Waals surface area contributed by atoms with Crippen LogP contribution in [0.5, 0.6) is 0 Å². The predicted molar refractivity (Wildman–Crippen MR) is 84.4 cm³/mol. The molecule has 116 valence electrons. The van der Waals surface area contributed by atoms with Gasteiger partial charge >= 0.3 is 5.97 Å². The van der Waals surface area contributed by atoms with E-state index >= 15 is 0 Å². The summed E-state index contributed by atoms with van der Waals surface area (Å²) < 4.78 is 4.76. The number of esters is 1. The van der Waals surface area contributed by atoms with Crippen molar-refractivity contribution in [2.75, 3.05) is 12.4 Å². The summed E-state index contributed by atoms with van der Waals surface area (Å²) in [4.78, 5) is 24.0. The summed E-state index contributed by atoms with van der Waals surface area (Å²) in [6.07, 6.45) is 1.42. The first-order valence-corrected chi connectivity index (χ1v) is 7.38. The molecule has 4 nitrogen and oxygen atoms in total. The van der Waals surface area contributed by atoms with Gasteiger partial charge in [-0.1, -0.05) is 39.3 Å². The Balaban J connectivity index is 2.92. The number of nitrogens with one attached hydrogen (secondary N) is 1. The molecular formula is C17H25NO3. The van der Waals surface area contributed by atoms with Crippen LogP contribution < -0.4 is 5.32 Å². The van der Waals surface area contributed by atoms with Crippen molar-refractivity contribution in [3.8, 4) is 0 Å². The maximum absolute atomic E-state index is 12.2. The normalized spacial score (nSPS) is 12.1. The maximum Gasteiger partial charge on any atom is 0.339 e. The molecule has 0 spiro atoms. The highest BCUT2D eigenvalue weighted by Crippen LogP contribution is 2.24. The Labute approximate surface area is 126 Å². The molecular weight excluding hydrogens is 266 g/mol. The zero-order chi connectivity index (χ0) is 16.0. The Kier molecular flexibility index (Phi) is 6.40. The zero-order valence-electron chi connectivity index (χ0n) is 13.5. The third kappa shape index (κ3) is 4.59. The van der Waals surface area contributed by atoms with Crippen molar-refractivity contribution < 1.29 is 14.3 Å². The van der Waals surface area contributed by atoms with E-state index in [4.69, 9.17) is 4.74 Å². The summed E-state index contributed by atoms with van der Waals surface area (Å²) in [6, 6.07) is 5.30. The standard InChI is InChI=1S/C17H25NO3/c1-6-13(11(2)3)10-15(19)18-16-12(4)8-7-9-14(16)17(20)21-5/h7-9,11,13H,6,10H2,1-5H3,(H,18,19). The molecule has 1 N–H and O–H groups in total. The molecule has 0 fully saturated rings. The third-order valence-electron chi connectivity index (χ3n) is 3.86. The molecule has 0 aliphatic carbocycles. The molecule has 0 radical (unpaired) electrons. The van der Waals surface area contributed by atoms with Crippen molar-refractivity contribution in [3.63, 3.8) is 0 Å². The fourth-order valence-electron chi connectivity index (χ4n) is 2.39. The van der Waals surface area contributed by atoms with Gasteiger partial charge < -0.3 is 10.1 Å². The summed E-state index contributed by atoms with van der Waals surface area (Å²) in [5.74, 6) is 0.299. The van der Waals surface area contributed by atoms with Crippen molar-refractivity contribution in [3.05, 3.63) is 29.3 Å². The van der Waals surface area contributed by atoms with Crippen molar-refractivity contribution in [1.82, 2.24) is 0 Å². The van der Waals surface area contributed by atoms with Crippen LogP contribution in [0, 0.1) is 18.8 Å². The zero-order valence-corrected chi connectivity index (χ0v) is 13.5. The Morgan fingerprint density at radius 2 is 1.95 bits per heavy atom. The molecule has 21 heavy (non-hydrogen) atoms. The average Bonchev–Trinajstić information content (AvgIpc) is 2.45. The second-order valence-electron chi connectivity index (χ2n) is 5.65. The van der Waals surface area contributed by atoms with E-state index in [9.17, 15) is 9.59 Å². The van der Waals surface area contributed by atoms with E-state index in [0.717, 1.165) is 12.0 Å². The number of carbonyl (C=O) groups excluding carboxylic acids is 2. The van der Waals surface area contributed by atoms with Crippen LogP contribution in [-0.2, 0) is 9.53 Å². The topological polar surface area (TPSA) is 55.4 Å². The first kappa shape index (κ1) is 17.2. The minimum absolute atomic E-state index is 0.0602. The molecule has 0 aliphatic rings. The van der Waals surface area contributed by atoms with Crippen LogP contribution in [-0.4, -0.2) is 19.0 Å². The van der Waals surface area contributed by atoms with Crippen LogP contribution in [0.1, 0.15) is 49.5 Å². The maximum atomic E-state index is 12.2. The fraction of sp³-hybridized carbons (Fsp3) is 0.529. The van der Waals surface area contributed by atoms with Gasteiger partial charge in [-0.3, -0.25) is 4.79 Å². The second kappa shape index (κ2) is 7.81. The molecule has 0 heterocycles. The molecule has 0 aromatic heterocycles. The predicted octanol–water partition coefficient (Wildman–Crippen LogP) is 3.79. The summed E-state index contributed by atoms with van der Waals surface area (Å²) in [5.41, 5.74) is 1.79. The van der Waals surface area contributed by atoms with E-state index < -0.39 is 5.97 Å². The molecule has 0 saturated carbocycles. The molecule has 0 bridgehead atoms. The highest BCUT2D eigenvalue weighted by molar-refractivity contribution is 6.02. The summed E-state index contributed by atoms with van der Waals surface area (Å²) in [7, 11) is 1.34. The summed E-state index contributed by atoms with van der Waals surface area (Å²) >= 11 is 0. The third-order valence-corrected chi connectivity index (χ3v) is 3.86. The van der Waals surface area contributed by atoms with E-state index in [1.807, 2.05) is 13.0 Å². The van der Waals surface area contributed by atoms with Gasteiger partial charge in [0.2, 0.25) is 5.91 Å². The number of anilines is 1. The monoisotopic (exact) mass is 291 g/mol. The number of hydrogen-bond donors (Lipinski definition) is 1. The first-order valence-electron chi connectivity index (χ1n) is 7.38. The van der Waals surface area contributed by atoms with E-state index in [0.29, 0.717) is 29.5 Å². The van der Waals surface area contributed by atoms with Crippen LogP contribution in [0.25, 0.3) is 0 Å². The van der Waals surface area contributed by atoms with Crippen LogP contribution in [0.2, 0.25) is 0 Å². The Morgan fingerprint density at radius 3 is 2.48 bits per heavy atom. The van der Waals surface area contributed by atoms with E-state index in [1.165, 1.54) is 7.11 Å². The van der Waals surface area contributed by atoms with Gasteiger partial charge in [0.05, 0.1) is 18.4 Å². The van der Waals surface area contributed by atoms with Gasteiger partial charge in [-0.2, -0.15) is 0 Å². The van der Waals surface area contributed by atoms with E-state index in [1.54, 1.807) is 12.1 Å². The van der Waals surface area contributed by atoms with Gasteiger partial charge in [-0.05, 0) is 30.4 Å². The van der Waals surface area contributed by atoms with Crippen LogP contribution in [0.4, 0.5) is 5.69 Å². The number of ether oxygens (including phenoxy) is 1. The van der Waals surface area contributed by atoms with Gasteiger partial charge in [0.25, 0.3) is 0 Å². The lowest BCUT2D eigenvalue weighted by Crippen LogP contribution is -2.21. The summed E-state index contributed by atoms with van der Waals surface area (Å²) in [5, 5.41) is 2.87. The lowest BCUT2D eigenvalue weighted by atomic mass is 9.90. The number of benzene rings is 1. The number of carbonyl (C=O) groups is 2. The van der Waals surface area contributed by atoms with Crippen LogP contribution in [0.3, 0.4) is 0 Å². The fourth-order valence-corrected chi connectivity index (χ4v) is 2.39. The van der Waals surface area contributed by atoms with Gasteiger partial charge in [-0.25, -0.2) is 4.79 Å². The van der Waals surface area contributed by atoms with Gasteiger partial charge in [0, 0.05) is 6.42 Å². The van der Waals surface area contributed by atoms with Crippen molar-refractivity contribution >= 4 is 17.6 Å². The van der Waals surface area contributed by atoms with Crippen molar-refractivity contribution in [2.24, 2.45) is 11.8 Å². The molecule has 1 aromatic rings. The van der Waals surface area contributed by atoms with Crippen LogP contribution in [0.15, 0.2) is 18.2 Å². The number of methoxy groups -OCH3 is 1. The van der Waals surface area contributed by atoms with Crippen LogP contribution >= 0.6 is 0 Å². The van der Waals surface area contributed by atoms with Gasteiger partial charge in [0.15, 0.2) is 0 Å². The highest BCUT2D eigenvalue weighted by Gasteiger charge is 2.19. The van der Waals surface area contributed by atoms with E-state index in [2.05, 4.69) is 26.1 Å². The lowest BCUT2D eigenvalue weighted by Gasteiger charge is -2.19. The summed E-state index contributed by atoms with van der Waals surface area (Å²) in [6.45, 7) is 8.19. The molecule has 4 heteroatoms. The molecule has 1 aromatic carbocycles. The van der Waals surface area contributed by atoms with Gasteiger partial charge in [-0.15, -0.1) is 0 Å². The minimum atomic E-state index is -0.440. The Hall–Kier alpha value is -1.84.